The summed E-state index contributed by atoms with van der Waals surface area (Å²) in [5, 5.41) is 3.60. The number of pyridine rings is 1. The predicted molar refractivity (Wildman–Crippen MR) is 109 cm³/mol. The molecule has 1 N–H and O–H groups in total. The van der Waals surface area contributed by atoms with Crippen LogP contribution >= 0.6 is 0 Å². The zero-order chi connectivity index (χ0) is 22.0. The Bertz CT molecular complexity index is 1130. The number of carbonyl (C=O) groups excluding carboxylic acids is 2. The first kappa shape index (κ1) is 20.8. The maximum atomic E-state index is 13.2. The number of hydrogen-bond donors (Lipinski definition) is 1. The fourth-order valence-corrected chi connectivity index (χ4v) is 3.74. The summed E-state index contributed by atoms with van der Waals surface area (Å²) in [6.07, 6.45) is -1.75. The van der Waals surface area contributed by atoms with Crippen molar-refractivity contribution in [1.82, 2.24) is 15.2 Å². The quantitative estimate of drug-likeness (QED) is 0.659. The van der Waals surface area contributed by atoms with Crippen molar-refractivity contribution < 1.29 is 22.8 Å². The third-order valence-corrected chi connectivity index (χ3v) is 5.36. The number of alkyl halides is 3. The minimum absolute atomic E-state index is 0.0667. The molecule has 0 spiro atoms. The second-order valence-corrected chi connectivity index (χ2v) is 7.50. The average molecular weight is 427 g/mol. The summed E-state index contributed by atoms with van der Waals surface area (Å²) in [5.74, 6) is -0.497. The highest BCUT2D eigenvalue weighted by Gasteiger charge is 2.32. The van der Waals surface area contributed by atoms with Gasteiger partial charge in [0, 0.05) is 36.7 Å². The molecule has 2 aromatic carbocycles. The number of benzene rings is 2. The Morgan fingerprint density at radius 2 is 1.97 bits per heavy atom. The van der Waals surface area contributed by atoms with Crippen LogP contribution in [0.3, 0.4) is 0 Å². The standard InChI is InChI=1S/C23H20F3N3O2/c24-23(25,26)18-6-1-4-16(13-18)20(14-29-11-3-7-21(29)30)28-22(31)17-8-9-19-15(12-17)5-2-10-27-19/h1-2,4-6,8-10,12-13,20H,3,7,11,14H2,(H,28,31). The Morgan fingerprint density at radius 3 is 2.71 bits per heavy atom. The predicted octanol–water partition coefficient (Wildman–Crippen LogP) is 4.35. The Balaban J connectivity index is 1.63. The van der Waals surface area contributed by atoms with E-state index in [-0.39, 0.29) is 12.5 Å². The molecule has 2 heterocycles. The van der Waals surface area contributed by atoms with Gasteiger partial charge in [-0.05, 0) is 48.4 Å². The van der Waals surface area contributed by atoms with Crippen LogP contribution in [0.2, 0.25) is 0 Å². The summed E-state index contributed by atoms with van der Waals surface area (Å²) >= 11 is 0. The number of nitrogens with zero attached hydrogens (tertiary/aromatic N) is 2. The maximum Gasteiger partial charge on any atom is 0.416 e. The van der Waals surface area contributed by atoms with Crippen molar-refractivity contribution in [3.05, 3.63) is 77.5 Å². The molecular weight excluding hydrogens is 407 g/mol. The lowest BCUT2D eigenvalue weighted by Crippen LogP contribution is -2.38. The monoisotopic (exact) mass is 427 g/mol. The largest absolute Gasteiger partial charge is 0.416 e. The number of aromatic nitrogens is 1. The second kappa shape index (κ2) is 8.37. The van der Waals surface area contributed by atoms with E-state index in [0.717, 1.165) is 23.0 Å². The molecular formula is C23H20F3N3O2. The molecule has 1 atom stereocenters. The van der Waals surface area contributed by atoms with Gasteiger partial charge in [-0.2, -0.15) is 13.2 Å². The molecule has 2 amide bonds. The first-order valence-corrected chi connectivity index (χ1v) is 9.92. The second-order valence-electron chi connectivity index (χ2n) is 7.50. The Labute approximate surface area is 176 Å². The van der Waals surface area contributed by atoms with Crippen LogP contribution in [0.1, 0.15) is 40.4 Å². The van der Waals surface area contributed by atoms with E-state index in [1.54, 1.807) is 35.4 Å². The van der Waals surface area contributed by atoms with E-state index < -0.39 is 23.7 Å². The SMILES string of the molecule is O=C(NC(CN1CCCC1=O)c1cccc(C(F)(F)F)c1)c1ccc2ncccc2c1. The van der Waals surface area contributed by atoms with Crippen molar-refractivity contribution in [3.8, 4) is 0 Å². The molecule has 31 heavy (non-hydrogen) atoms. The van der Waals surface area contributed by atoms with Crippen LogP contribution in [0.15, 0.2) is 60.8 Å². The number of nitrogens with one attached hydrogen (secondary N) is 1. The molecule has 0 bridgehead atoms. The summed E-state index contributed by atoms with van der Waals surface area (Å²) in [7, 11) is 0. The van der Waals surface area contributed by atoms with Gasteiger partial charge in [-0.1, -0.05) is 18.2 Å². The molecule has 1 saturated heterocycles. The van der Waals surface area contributed by atoms with Gasteiger partial charge < -0.3 is 10.2 Å². The number of carbonyl (C=O) groups is 2. The van der Waals surface area contributed by atoms with Crippen molar-refractivity contribution in [3.63, 3.8) is 0 Å². The third-order valence-electron chi connectivity index (χ3n) is 5.36. The molecule has 4 rings (SSSR count). The van der Waals surface area contributed by atoms with Gasteiger partial charge in [0.05, 0.1) is 17.1 Å². The van der Waals surface area contributed by atoms with Gasteiger partial charge in [0.25, 0.3) is 5.91 Å². The average Bonchev–Trinajstić information content (AvgIpc) is 3.16. The lowest BCUT2D eigenvalue weighted by molar-refractivity contribution is -0.137. The van der Waals surface area contributed by atoms with Crippen LogP contribution in [0.4, 0.5) is 13.2 Å². The molecule has 160 valence electrons. The van der Waals surface area contributed by atoms with Gasteiger partial charge in [-0.15, -0.1) is 0 Å². The molecule has 1 aliphatic rings. The fraction of sp³-hybridized carbons (Fsp3) is 0.261. The number of likely N-dealkylation sites (tertiary alicyclic amines) is 1. The van der Waals surface area contributed by atoms with Gasteiger partial charge in [0.2, 0.25) is 5.91 Å². The van der Waals surface area contributed by atoms with Crippen LogP contribution in [-0.2, 0) is 11.0 Å². The summed E-state index contributed by atoms with van der Waals surface area (Å²) < 4.78 is 39.6. The first-order valence-electron chi connectivity index (χ1n) is 9.92. The Hall–Kier alpha value is -3.42. The number of fused-ring (bicyclic) bond motifs is 1. The summed E-state index contributed by atoms with van der Waals surface area (Å²) in [5.41, 5.74) is 0.598. The summed E-state index contributed by atoms with van der Waals surface area (Å²) in [6.45, 7) is 0.632. The number of hydrogen-bond acceptors (Lipinski definition) is 3. The van der Waals surface area contributed by atoms with Gasteiger partial charge in [-0.25, -0.2) is 0 Å². The van der Waals surface area contributed by atoms with E-state index in [9.17, 15) is 22.8 Å². The minimum atomic E-state index is -4.50. The third kappa shape index (κ3) is 4.68. The molecule has 3 aromatic rings. The van der Waals surface area contributed by atoms with Gasteiger partial charge in [-0.3, -0.25) is 14.6 Å². The molecule has 1 aliphatic heterocycles. The molecule has 0 saturated carbocycles. The van der Waals surface area contributed by atoms with Crippen molar-refractivity contribution in [2.75, 3.05) is 13.1 Å². The first-order chi connectivity index (χ1) is 14.8. The number of rotatable bonds is 5. The number of halogens is 3. The van der Waals surface area contributed by atoms with Crippen molar-refractivity contribution in [2.24, 2.45) is 0 Å². The van der Waals surface area contributed by atoms with Crippen molar-refractivity contribution in [1.29, 1.82) is 0 Å². The van der Waals surface area contributed by atoms with E-state index in [1.165, 1.54) is 12.1 Å². The van der Waals surface area contributed by atoms with E-state index in [2.05, 4.69) is 10.3 Å². The molecule has 0 radical (unpaired) electrons. The van der Waals surface area contributed by atoms with Gasteiger partial charge >= 0.3 is 6.18 Å². The van der Waals surface area contributed by atoms with Crippen LogP contribution in [0.5, 0.6) is 0 Å². The van der Waals surface area contributed by atoms with Crippen molar-refractivity contribution in [2.45, 2.75) is 25.1 Å². The highest BCUT2D eigenvalue weighted by atomic mass is 19.4. The van der Waals surface area contributed by atoms with E-state index in [1.807, 2.05) is 6.07 Å². The molecule has 0 aliphatic carbocycles. The molecule has 1 unspecified atom stereocenters. The zero-order valence-electron chi connectivity index (χ0n) is 16.5. The highest BCUT2D eigenvalue weighted by Crippen LogP contribution is 2.31. The molecule has 8 heteroatoms. The molecule has 1 aromatic heterocycles. The van der Waals surface area contributed by atoms with Crippen LogP contribution in [0, 0.1) is 0 Å². The van der Waals surface area contributed by atoms with E-state index in [0.29, 0.717) is 30.5 Å². The van der Waals surface area contributed by atoms with Crippen LogP contribution in [-0.4, -0.2) is 34.8 Å². The Kier molecular flexibility index (Phi) is 5.63. The Morgan fingerprint density at radius 1 is 1.13 bits per heavy atom. The van der Waals surface area contributed by atoms with Crippen LogP contribution < -0.4 is 5.32 Å². The topological polar surface area (TPSA) is 62.3 Å². The highest BCUT2D eigenvalue weighted by molar-refractivity contribution is 5.98. The lowest BCUT2D eigenvalue weighted by Gasteiger charge is -2.26. The summed E-state index contributed by atoms with van der Waals surface area (Å²) in [4.78, 5) is 30.8. The van der Waals surface area contributed by atoms with E-state index >= 15 is 0 Å². The molecule has 1 fully saturated rings. The fourth-order valence-electron chi connectivity index (χ4n) is 3.74. The number of amides is 2. The smallest absolute Gasteiger partial charge is 0.343 e. The summed E-state index contributed by atoms with van der Waals surface area (Å²) in [6, 6.07) is 12.7. The maximum absolute atomic E-state index is 13.2. The van der Waals surface area contributed by atoms with E-state index in [4.69, 9.17) is 0 Å². The van der Waals surface area contributed by atoms with Gasteiger partial charge in [0.15, 0.2) is 0 Å². The van der Waals surface area contributed by atoms with Crippen molar-refractivity contribution >= 4 is 22.7 Å². The minimum Gasteiger partial charge on any atom is -0.343 e. The lowest BCUT2D eigenvalue weighted by atomic mass is 10.0. The molecule has 5 nitrogen and oxygen atoms in total. The van der Waals surface area contributed by atoms with Gasteiger partial charge in [0.1, 0.15) is 0 Å². The van der Waals surface area contributed by atoms with Crippen LogP contribution in [0.25, 0.3) is 10.9 Å². The zero-order valence-corrected chi connectivity index (χ0v) is 16.5. The normalized spacial score (nSPS) is 15.3.